The lowest BCUT2D eigenvalue weighted by molar-refractivity contribution is -0.119. The van der Waals surface area contributed by atoms with Crippen molar-refractivity contribution < 1.29 is 19.1 Å². The van der Waals surface area contributed by atoms with Gasteiger partial charge in [-0.15, -0.1) is 11.3 Å². The number of rotatable bonds is 6. The maximum atomic E-state index is 14.6. The molecule has 1 aliphatic rings. The molecule has 1 aromatic carbocycles. The first-order valence-corrected chi connectivity index (χ1v) is 11.5. The minimum atomic E-state index is -0.759. The number of nitrogens with one attached hydrogen (secondary N) is 2. The van der Waals surface area contributed by atoms with Crippen LogP contribution < -0.4 is 16.2 Å². The first-order valence-electron chi connectivity index (χ1n) is 10.3. The van der Waals surface area contributed by atoms with Gasteiger partial charge >= 0.3 is 0 Å². The quantitative estimate of drug-likeness (QED) is 0.493. The smallest absolute Gasteiger partial charge is 0.261 e. The maximum absolute atomic E-state index is 14.6. The molecule has 0 unspecified atom stereocenters. The average Bonchev–Trinajstić information content (AvgIpc) is 3.39. The zero-order chi connectivity index (χ0) is 23.5. The van der Waals surface area contributed by atoms with Gasteiger partial charge in [-0.25, -0.2) is 4.39 Å². The van der Waals surface area contributed by atoms with E-state index in [1.54, 1.807) is 30.3 Å². The molecule has 0 spiro atoms. The lowest BCUT2D eigenvalue weighted by Crippen LogP contribution is -2.32. The van der Waals surface area contributed by atoms with Crippen molar-refractivity contribution >= 4 is 40.4 Å². The van der Waals surface area contributed by atoms with Crippen LogP contribution in [0.25, 0.3) is 5.69 Å². The summed E-state index contributed by atoms with van der Waals surface area (Å²) in [6.07, 6.45) is 1.35. The highest BCUT2D eigenvalue weighted by molar-refractivity contribution is 7.18. The van der Waals surface area contributed by atoms with Gasteiger partial charge in [-0.1, -0.05) is 17.7 Å². The van der Waals surface area contributed by atoms with E-state index in [1.165, 1.54) is 29.0 Å². The monoisotopic (exact) mass is 489 g/mol. The number of hydrogen-bond acceptors (Lipinski definition) is 5. The highest BCUT2D eigenvalue weighted by Crippen LogP contribution is 2.32. The minimum absolute atomic E-state index is 0.00598. The van der Waals surface area contributed by atoms with Gasteiger partial charge in [0.25, 0.3) is 11.5 Å². The summed E-state index contributed by atoms with van der Waals surface area (Å²) in [5.41, 5.74) is 0.0395. The predicted octanol–water partition coefficient (Wildman–Crippen LogP) is 3.45. The first kappa shape index (κ1) is 23.2. The molecule has 33 heavy (non-hydrogen) atoms. The number of carbonyl (C=O) groups excluding carboxylic acids is 2. The number of benzene rings is 1. The largest absolute Gasteiger partial charge is 0.393 e. The Kier molecular flexibility index (Phi) is 6.92. The van der Waals surface area contributed by atoms with Gasteiger partial charge < -0.3 is 15.7 Å². The van der Waals surface area contributed by atoms with Gasteiger partial charge in [0.1, 0.15) is 5.82 Å². The fraction of sp³-hybridized carbons (Fsp3) is 0.261. The van der Waals surface area contributed by atoms with E-state index in [9.17, 15) is 23.9 Å². The van der Waals surface area contributed by atoms with Crippen LogP contribution in [0, 0.1) is 17.7 Å². The van der Waals surface area contributed by atoms with E-state index in [0.717, 1.165) is 11.3 Å². The summed E-state index contributed by atoms with van der Waals surface area (Å²) >= 11 is 7.01. The molecule has 1 fully saturated rings. The third kappa shape index (κ3) is 5.32. The summed E-state index contributed by atoms with van der Waals surface area (Å²) in [5.74, 6) is -2.18. The Balaban J connectivity index is 1.35. The second kappa shape index (κ2) is 9.86. The second-order valence-electron chi connectivity index (χ2n) is 7.87. The summed E-state index contributed by atoms with van der Waals surface area (Å²) in [4.78, 5) is 37.3. The molecule has 0 saturated heterocycles. The average molecular weight is 490 g/mol. The van der Waals surface area contributed by atoms with Crippen LogP contribution >= 0.6 is 22.9 Å². The summed E-state index contributed by atoms with van der Waals surface area (Å²) in [5, 5.41) is 15.7. The summed E-state index contributed by atoms with van der Waals surface area (Å²) in [6.45, 7) is 0.216. The molecular formula is C23H21ClFN3O4S. The van der Waals surface area contributed by atoms with Crippen LogP contribution in [0.2, 0.25) is 4.34 Å². The molecule has 1 aliphatic carbocycles. The highest BCUT2D eigenvalue weighted by Gasteiger charge is 2.37. The molecule has 1 saturated carbocycles. The van der Waals surface area contributed by atoms with Crippen LogP contribution in [0.4, 0.5) is 10.1 Å². The van der Waals surface area contributed by atoms with E-state index >= 15 is 0 Å². The Morgan fingerprint density at radius 2 is 2.00 bits per heavy atom. The topological polar surface area (TPSA) is 100 Å². The number of hydrogen-bond donors (Lipinski definition) is 3. The number of thiophene rings is 1. The van der Waals surface area contributed by atoms with Crippen molar-refractivity contribution in [3.8, 4) is 5.69 Å². The predicted molar refractivity (Wildman–Crippen MR) is 125 cm³/mol. The number of aliphatic hydroxyl groups excluding tert-OH is 1. The van der Waals surface area contributed by atoms with Gasteiger partial charge in [0.2, 0.25) is 5.91 Å². The lowest BCUT2D eigenvalue weighted by Gasteiger charge is -2.15. The van der Waals surface area contributed by atoms with Crippen LogP contribution in [0.1, 0.15) is 22.5 Å². The Hall–Kier alpha value is -3.01. The van der Waals surface area contributed by atoms with Crippen LogP contribution in [0.5, 0.6) is 0 Å². The number of aliphatic hydroxyl groups is 1. The zero-order valence-corrected chi connectivity index (χ0v) is 18.9. The molecule has 7 nitrogen and oxygen atoms in total. The maximum Gasteiger partial charge on any atom is 0.261 e. The molecule has 0 aliphatic heterocycles. The van der Waals surface area contributed by atoms with Gasteiger partial charge in [-0.3, -0.25) is 19.0 Å². The third-order valence-corrected chi connectivity index (χ3v) is 6.89. The molecule has 0 bridgehead atoms. The standard InChI is InChI=1S/C23H21ClFN3O4S/c24-20-7-6-19(33-20)23(32)26-12-14-9-13(10-18(14)29)22(31)27-17-5-4-15(11-16(17)25)28-8-2-1-3-21(28)30/h1-8,11,13-14,18,29H,9-10,12H2,(H,26,32)(H,27,31)/t13-,14-,18+/m0/s1. The fourth-order valence-corrected chi connectivity index (χ4v) is 4.87. The SMILES string of the molecule is O=C(NC[C@@H]1C[C@H](C(=O)Nc2ccc(-n3ccccc3=O)cc2F)C[C@H]1O)c1ccc(Cl)s1. The van der Waals surface area contributed by atoms with Crippen molar-refractivity contribution in [1.29, 1.82) is 0 Å². The molecule has 2 amide bonds. The molecular weight excluding hydrogens is 469 g/mol. The lowest BCUT2D eigenvalue weighted by atomic mass is 10.0. The first-order chi connectivity index (χ1) is 15.8. The van der Waals surface area contributed by atoms with Crippen LogP contribution in [0.15, 0.2) is 59.5 Å². The van der Waals surface area contributed by atoms with Crippen molar-refractivity contribution in [2.24, 2.45) is 11.8 Å². The van der Waals surface area contributed by atoms with Crippen molar-refractivity contribution in [3.63, 3.8) is 0 Å². The molecule has 3 aromatic rings. The van der Waals surface area contributed by atoms with Crippen molar-refractivity contribution in [2.45, 2.75) is 18.9 Å². The Morgan fingerprint density at radius 1 is 1.18 bits per heavy atom. The molecule has 2 aromatic heterocycles. The third-order valence-electron chi connectivity index (χ3n) is 5.66. The molecule has 2 heterocycles. The van der Waals surface area contributed by atoms with Crippen molar-refractivity contribution in [2.75, 3.05) is 11.9 Å². The van der Waals surface area contributed by atoms with Crippen LogP contribution in [-0.4, -0.2) is 34.1 Å². The number of anilines is 1. The van der Waals surface area contributed by atoms with Crippen LogP contribution in [0.3, 0.4) is 0 Å². The molecule has 172 valence electrons. The van der Waals surface area contributed by atoms with E-state index in [1.807, 2.05) is 0 Å². The fourth-order valence-electron chi connectivity index (χ4n) is 3.91. The van der Waals surface area contributed by atoms with Gasteiger partial charge in [-0.2, -0.15) is 0 Å². The number of aromatic nitrogens is 1. The zero-order valence-electron chi connectivity index (χ0n) is 17.3. The molecule has 0 radical (unpaired) electrons. The highest BCUT2D eigenvalue weighted by atomic mass is 35.5. The van der Waals surface area contributed by atoms with E-state index in [2.05, 4.69) is 10.6 Å². The van der Waals surface area contributed by atoms with E-state index < -0.39 is 23.7 Å². The second-order valence-corrected chi connectivity index (χ2v) is 9.59. The van der Waals surface area contributed by atoms with Gasteiger partial charge in [0, 0.05) is 36.7 Å². The number of halogens is 2. The van der Waals surface area contributed by atoms with E-state index in [4.69, 9.17) is 11.6 Å². The Bertz CT molecular complexity index is 1240. The van der Waals surface area contributed by atoms with Gasteiger partial charge in [0.15, 0.2) is 0 Å². The molecule has 10 heteroatoms. The van der Waals surface area contributed by atoms with E-state index in [-0.39, 0.29) is 36.0 Å². The number of pyridine rings is 1. The Morgan fingerprint density at radius 3 is 2.70 bits per heavy atom. The molecule has 3 atom stereocenters. The van der Waals surface area contributed by atoms with Crippen molar-refractivity contribution in [1.82, 2.24) is 9.88 Å². The summed E-state index contributed by atoms with van der Waals surface area (Å²) < 4.78 is 16.4. The minimum Gasteiger partial charge on any atom is -0.393 e. The van der Waals surface area contributed by atoms with Crippen molar-refractivity contribution in [3.05, 3.63) is 80.1 Å². The molecule has 4 rings (SSSR count). The summed E-state index contributed by atoms with van der Waals surface area (Å²) in [7, 11) is 0. The van der Waals surface area contributed by atoms with Gasteiger partial charge in [-0.05, 0) is 43.2 Å². The Labute approximate surface area is 197 Å². The number of nitrogens with zero attached hydrogens (tertiary/aromatic N) is 1. The van der Waals surface area contributed by atoms with E-state index in [0.29, 0.717) is 21.3 Å². The van der Waals surface area contributed by atoms with Crippen LogP contribution in [-0.2, 0) is 4.79 Å². The summed E-state index contributed by atoms with van der Waals surface area (Å²) in [6, 6.07) is 12.0. The normalized spacial score (nSPS) is 19.9. The number of carbonyl (C=O) groups is 2. The molecule has 3 N–H and O–H groups in total. The number of amides is 2. The van der Waals surface area contributed by atoms with Gasteiger partial charge in [0.05, 0.1) is 26.7 Å².